The van der Waals surface area contributed by atoms with E-state index >= 15 is 0 Å². The van der Waals surface area contributed by atoms with Crippen LogP contribution in [0.3, 0.4) is 0 Å². The van der Waals surface area contributed by atoms with E-state index in [-0.39, 0.29) is 11.4 Å². The van der Waals surface area contributed by atoms with E-state index < -0.39 is 4.92 Å². The Kier molecular flexibility index (Phi) is 3.60. The number of nitro benzene ring substituents is 1. The van der Waals surface area contributed by atoms with E-state index in [0.29, 0.717) is 24.4 Å². The third kappa shape index (κ3) is 3.18. The van der Waals surface area contributed by atoms with Gasteiger partial charge < -0.3 is 5.32 Å². The Labute approximate surface area is 108 Å². The average molecular weight is 263 g/mol. The number of H-pyrrole nitrogens is 2. The molecule has 8 heteroatoms. The van der Waals surface area contributed by atoms with Crippen LogP contribution < -0.4 is 11.0 Å². The molecule has 19 heavy (non-hydrogen) atoms. The number of aromatic amines is 2. The zero-order valence-electron chi connectivity index (χ0n) is 10.3. The number of nitrogens with zero attached hydrogens (tertiary/aromatic N) is 2. The molecule has 0 bridgehead atoms. The third-order valence-corrected chi connectivity index (χ3v) is 2.63. The fourth-order valence-electron chi connectivity index (χ4n) is 1.72. The summed E-state index contributed by atoms with van der Waals surface area (Å²) < 4.78 is 0. The summed E-state index contributed by atoms with van der Waals surface area (Å²) in [4.78, 5) is 23.6. The number of nitrogens with one attached hydrogen (secondary N) is 3. The molecule has 0 amide bonds. The van der Waals surface area contributed by atoms with Crippen LogP contribution in [0.1, 0.15) is 11.4 Å². The molecule has 2 rings (SSSR count). The Hall–Kier alpha value is -2.64. The van der Waals surface area contributed by atoms with E-state index in [1.807, 2.05) is 0 Å². The summed E-state index contributed by atoms with van der Waals surface area (Å²) >= 11 is 0. The number of aromatic nitrogens is 3. The van der Waals surface area contributed by atoms with Crippen molar-refractivity contribution in [2.24, 2.45) is 0 Å². The topological polar surface area (TPSA) is 117 Å². The summed E-state index contributed by atoms with van der Waals surface area (Å²) in [5, 5.41) is 19.8. The highest BCUT2D eigenvalue weighted by molar-refractivity contribution is 5.53. The largest absolute Gasteiger partial charge is 0.385 e. The van der Waals surface area contributed by atoms with Crippen LogP contribution in [-0.4, -0.2) is 26.6 Å². The van der Waals surface area contributed by atoms with Crippen molar-refractivity contribution in [2.75, 3.05) is 11.9 Å². The Morgan fingerprint density at radius 3 is 2.84 bits per heavy atom. The van der Waals surface area contributed by atoms with Crippen LogP contribution in [0.15, 0.2) is 23.0 Å². The number of anilines is 1. The third-order valence-electron chi connectivity index (χ3n) is 2.63. The van der Waals surface area contributed by atoms with Gasteiger partial charge in [-0.25, -0.2) is 9.89 Å². The molecule has 1 aromatic carbocycles. The van der Waals surface area contributed by atoms with Crippen LogP contribution in [-0.2, 0) is 6.42 Å². The van der Waals surface area contributed by atoms with Crippen molar-refractivity contribution in [3.8, 4) is 0 Å². The maximum absolute atomic E-state index is 10.8. The minimum absolute atomic E-state index is 0.0992. The molecule has 8 nitrogen and oxygen atoms in total. The Balaban J connectivity index is 1.95. The lowest BCUT2D eigenvalue weighted by atomic mass is 10.2. The first-order valence-corrected chi connectivity index (χ1v) is 5.69. The van der Waals surface area contributed by atoms with Gasteiger partial charge in [-0.3, -0.25) is 15.1 Å². The molecule has 0 unspecified atom stereocenters. The van der Waals surface area contributed by atoms with Gasteiger partial charge in [-0.2, -0.15) is 5.10 Å². The van der Waals surface area contributed by atoms with Gasteiger partial charge in [-0.05, 0) is 19.1 Å². The molecule has 0 fully saturated rings. The molecule has 100 valence electrons. The fraction of sp³-hybridized carbons (Fsp3) is 0.273. The number of nitro groups is 1. The predicted molar refractivity (Wildman–Crippen MR) is 69.2 cm³/mol. The summed E-state index contributed by atoms with van der Waals surface area (Å²) in [7, 11) is 0. The first kappa shape index (κ1) is 12.8. The van der Waals surface area contributed by atoms with E-state index in [0.717, 1.165) is 5.69 Å². The molecule has 0 spiro atoms. The van der Waals surface area contributed by atoms with Gasteiger partial charge in [0.2, 0.25) is 0 Å². The molecule has 1 heterocycles. The summed E-state index contributed by atoms with van der Waals surface area (Å²) in [6.45, 7) is 2.26. The zero-order valence-corrected chi connectivity index (χ0v) is 10.3. The van der Waals surface area contributed by atoms with Crippen molar-refractivity contribution in [3.63, 3.8) is 0 Å². The van der Waals surface area contributed by atoms with Crippen LogP contribution in [0, 0.1) is 17.0 Å². The quantitative estimate of drug-likeness (QED) is 0.549. The maximum atomic E-state index is 10.8. The van der Waals surface area contributed by atoms with E-state index in [9.17, 15) is 14.9 Å². The normalized spacial score (nSPS) is 10.4. The predicted octanol–water partition coefficient (Wildman–Crippen LogP) is 0.969. The van der Waals surface area contributed by atoms with E-state index in [1.165, 1.54) is 6.07 Å². The summed E-state index contributed by atoms with van der Waals surface area (Å²) in [5.41, 5.74) is 1.16. The van der Waals surface area contributed by atoms with Crippen molar-refractivity contribution in [2.45, 2.75) is 13.3 Å². The van der Waals surface area contributed by atoms with E-state index in [1.54, 1.807) is 19.1 Å². The van der Waals surface area contributed by atoms with Crippen LogP contribution in [0.5, 0.6) is 0 Å². The van der Waals surface area contributed by atoms with Crippen LogP contribution in [0.2, 0.25) is 0 Å². The number of hydrogen-bond donors (Lipinski definition) is 3. The maximum Gasteiger partial charge on any atom is 0.340 e. The molecule has 0 saturated carbocycles. The number of rotatable bonds is 5. The summed E-state index contributed by atoms with van der Waals surface area (Å²) in [6.07, 6.45) is 0.550. The van der Waals surface area contributed by atoms with Crippen molar-refractivity contribution >= 4 is 11.4 Å². The molecule has 0 aliphatic rings. The molecule has 0 atom stereocenters. The minimum atomic E-state index is -0.409. The zero-order chi connectivity index (χ0) is 13.8. The van der Waals surface area contributed by atoms with Crippen molar-refractivity contribution in [3.05, 3.63) is 50.2 Å². The van der Waals surface area contributed by atoms with Gasteiger partial charge in [0.25, 0.3) is 5.69 Å². The Morgan fingerprint density at radius 1 is 1.47 bits per heavy atom. The van der Waals surface area contributed by atoms with Crippen molar-refractivity contribution < 1.29 is 4.92 Å². The SMILES string of the molecule is Cc1cc(NCCc2n[nH]c(=O)[nH]2)ccc1[N+](=O)[O-]. The first-order chi connectivity index (χ1) is 9.06. The minimum Gasteiger partial charge on any atom is -0.385 e. The lowest BCUT2D eigenvalue weighted by molar-refractivity contribution is -0.385. The molecular weight excluding hydrogens is 250 g/mol. The molecule has 0 saturated heterocycles. The lowest BCUT2D eigenvalue weighted by Crippen LogP contribution is -2.07. The fourth-order valence-corrected chi connectivity index (χ4v) is 1.72. The standard InChI is InChI=1S/C11H13N5O3/c1-7-6-8(2-3-9(7)16(18)19)12-5-4-10-13-11(17)15-14-10/h2-3,6,12H,4-5H2,1H3,(H2,13,14,15,17). The molecule has 0 aliphatic heterocycles. The average Bonchev–Trinajstić information content (AvgIpc) is 2.75. The van der Waals surface area contributed by atoms with E-state index in [4.69, 9.17) is 0 Å². The van der Waals surface area contributed by atoms with Crippen molar-refractivity contribution in [1.82, 2.24) is 15.2 Å². The highest BCUT2D eigenvalue weighted by Crippen LogP contribution is 2.21. The number of hydrogen-bond acceptors (Lipinski definition) is 5. The van der Waals surface area contributed by atoms with Gasteiger partial charge in [0.1, 0.15) is 5.82 Å². The number of benzene rings is 1. The summed E-state index contributed by atoms with van der Waals surface area (Å²) in [6, 6.07) is 4.83. The van der Waals surface area contributed by atoms with Gasteiger partial charge in [-0.15, -0.1) is 0 Å². The molecule has 1 aromatic heterocycles. The Bertz CT molecular complexity index is 646. The van der Waals surface area contributed by atoms with Gasteiger partial charge >= 0.3 is 5.69 Å². The van der Waals surface area contributed by atoms with Crippen LogP contribution in [0.25, 0.3) is 0 Å². The Morgan fingerprint density at radius 2 is 2.26 bits per heavy atom. The van der Waals surface area contributed by atoms with E-state index in [2.05, 4.69) is 20.5 Å². The molecule has 3 N–H and O–H groups in total. The second-order valence-electron chi connectivity index (χ2n) is 4.06. The molecule has 0 aliphatic carbocycles. The smallest absolute Gasteiger partial charge is 0.340 e. The van der Waals surface area contributed by atoms with Gasteiger partial charge in [0.15, 0.2) is 0 Å². The highest BCUT2D eigenvalue weighted by atomic mass is 16.6. The molecule has 0 radical (unpaired) electrons. The molecule has 2 aromatic rings. The van der Waals surface area contributed by atoms with Gasteiger partial charge in [-0.1, -0.05) is 0 Å². The van der Waals surface area contributed by atoms with Crippen molar-refractivity contribution in [1.29, 1.82) is 0 Å². The van der Waals surface area contributed by atoms with Crippen LogP contribution >= 0.6 is 0 Å². The lowest BCUT2D eigenvalue weighted by Gasteiger charge is -2.06. The van der Waals surface area contributed by atoms with Crippen LogP contribution in [0.4, 0.5) is 11.4 Å². The number of aryl methyl sites for hydroxylation is 1. The first-order valence-electron chi connectivity index (χ1n) is 5.69. The van der Waals surface area contributed by atoms with Gasteiger partial charge in [0.05, 0.1) is 4.92 Å². The summed E-state index contributed by atoms with van der Waals surface area (Å²) in [5.74, 6) is 0.566. The highest BCUT2D eigenvalue weighted by Gasteiger charge is 2.09. The van der Waals surface area contributed by atoms with Gasteiger partial charge in [0, 0.05) is 30.3 Å². The second-order valence-corrected chi connectivity index (χ2v) is 4.06. The second kappa shape index (κ2) is 5.34. The molecular formula is C11H13N5O3. The monoisotopic (exact) mass is 263 g/mol.